The molecule has 0 saturated carbocycles. The van der Waals surface area contributed by atoms with Crippen molar-refractivity contribution < 1.29 is 9.59 Å². The van der Waals surface area contributed by atoms with E-state index in [1.807, 2.05) is 61.3 Å². The lowest BCUT2D eigenvalue weighted by atomic mass is 10.1. The van der Waals surface area contributed by atoms with Gasteiger partial charge in [-0.05, 0) is 37.2 Å². The molecule has 0 saturated heterocycles. The Morgan fingerprint density at radius 3 is 2.24 bits per heavy atom. The zero-order valence-corrected chi connectivity index (χ0v) is 15.0. The third-order valence-electron chi connectivity index (χ3n) is 4.23. The minimum atomic E-state index is -0.248. The molecule has 0 unspecified atom stereocenters. The van der Waals surface area contributed by atoms with Gasteiger partial charge in [-0.25, -0.2) is 0 Å². The highest BCUT2D eigenvalue weighted by molar-refractivity contribution is 5.93. The molecule has 0 radical (unpaired) electrons. The van der Waals surface area contributed by atoms with Crippen LogP contribution in [0.25, 0.3) is 0 Å². The zero-order chi connectivity index (χ0) is 18.2. The summed E-state index contributed by atoms with van der Waals surface area (Å²) in [6.07, 6.45) is 0. The van der Waals surface area contributed by atoms with E-state index < -0.39 is 0 Å². The fraction of sp³-hybridized carbons (Fsp3) is 0.300. The number of hydrogen-bond acceptors (Lipinski definition) is 3. The average Bonchev–Trinajstić information content (AvgIpc) is 2.66. The molecule has 0 aliphatic rings. The van der Waals surface area contributed by atoms with E-state index in [1.54, 1.807) is 19.2 Å². The predicted molar refractivity (Wildman–Crippen MR) is 99.0 cm³/mol. The van der Waals surface area contributed by atoms with Crippen LogP contribution in [0.5, 0.6) is 0 Å². The fourth-order valence-corrected chi connectivity index (χ4v) is 2.46. The molecule has 132 valence electrons. The van der Waals surface area contributed by atoms with Crippen LogP contribution in [0.3, 0.4) is 0 Å². The summed E-state index contributed by atoms with van der Waals surface area (Å²) < 4.78 is 0. The van der Waals surface area contributed by atoms with Gasteiger partial charge in [0.25, 0.3) is 5.91 Å². The lowest BCUT2D eigenvalue weighted by molar-refractivity contribution is -0.125. The lowest BCUT2D eigenvalue weighted by Crippen LogP contribution is -2.42. The van der Waals surface area contributed by atoms with Crippen molar-refractivity contribution in [2.24, 2.45) is 0 Å². The first-order valence-corrected chi connectivity index (χ1v) is 8.34. The van der Waals surface area contributed by atoms with Crippen LogP contribution >= 0.6 is 0 Å². The molecule has 2 N–H and O–H groups in total. The summed E-state index contributed by atoms with van der Waals surface area (Å²) in [7, 11) is 3.53. The van der Waals surface area contributed by atoms with Crippen LogP contribution in [0.4, 0.5) is 0 Å². The molecule has 5 nitrogen and oxygen atoms in total. The van der Waals surface area contributed by atoms with Gasteiger partial charge >= 0.3 is 0 Å². The number of hydrogen-bond donors (Lipinski definition) is 2. The molecule has 0 spiro atoms. The van der Waals surface area contributed by atoms with Crippen LogP contribution in [0.2, 0.25) is 0 Å². The second-order valence-electron chi connectivity index (χ2n) is 6.07. The normalized spacial score (nSPS) is 11.8. The van der Waals surface area contributed by atoms with Crippen LogP contribution in [0.1, 0.15) is 28.4 Å². The summed E-state index contributed by atoms with van der Waals surface area (Å²) in [6.45, 7) is 3.05. The van der Waals surface area contributed by atoms with Crippen LogP contribution in [0, 0.1) is 0 Å². The van der Waals surface area contributed by atoms with Crippen molar-refractivity contribution in [1.29, 1.82) is 0 Å². The van der Waals surface area contributed by atoms with Crippen molar-refractivity contribution in [3.8, 4) is 0 Å². The third-order valence-corrected chi connectivity index (χ3v) is 4.23. The Morgan fingerprint density at radius 1 is 1.00 bits per heavy atom. The maximum Gasteiger partial charge on any atom is 0.251 e. The second-order valence-corrected chi connectivity index (χ2v) is 6.07. The molecule has 0 aromatic heterocycles. The largest absolute Gasteiger partial charge is 0.355 e. The summed E-state index contributed by atoms with van der Waals surface area (Å²) in [6, 6.07) is 17.0. The first-order valence-electron chi connectivity index (χ1n) is 8.34. The van der Waals surface area contributed by atoms with Gasteiger partial charge in [0.1, 0.15) is 0 Å². The van der Waals surface area contributed by atoms with Gasteiger partial charge < -0.3 is 10.6 Å². The van der Waals surface area contributed by atoms with Crippen LogP contribution in [0.15, 0.2) is 54.6 Å². The first kappa shape index (κ1) is 18.7. The minimum absolute atomic E-state index is 0.00617. The lowest BCUT2D eigenvalue weighted by Gasteiger charge is -2.24. The van der Waals surface area contributed by atoms with E-state index in [0.717, 1.165) is 11.1 Å². The van der Waals surface area contributed by atoms with Gasteiger partial charge in [-0.3, -0.25) is 14.5 Å². The summed E-state index contributed by atoms with van der Waals surface area (Å²) in [4.78, 5) is 25.9. The highest BCUT2D eigenvalue weighted by Gasteiger charge is 2.18. The highest BCUT2D eigenvalue weighted by atomic mass is 16.2. The van der Waals surface area contributed by atoms with Crippen molar-refractivity contribution in [1.82, 2.24) is 15.5 Å². The predicted octanol–water partition coefficient (Wildman–Crippen LogP) is 2.18. The zero-order valence-electron chi connectivity index (χ0n) is 15.0. The summed E-state index contributed by atoms with van der Waals surface area (Å²) in [5, 5.41) is 5.56. The number of benzene rings is 2. The van der Waals surface area contributed by atoms with E-state index in [4.69, 9.17) is 0 Å². The smallest absolute Gasteiger partial charge is 0.251 e. The number of amides is 2. The maximum absolute atomic E-state index is 12.3. The minimum Gasteiger partial charge on any atom is -0.355 e. The molecule has 0 bridgehead atoms. The molecule has 2 amide bonds. The van der Waals surface area contributed by atoms with E-state index in [9.17, 15) is 9.59 Å². The van der Waals surface area contributed by atoms with Gasteiger partial charge in [-0.1, -0.05) is 42.5 Å². The average molecular weight is 339 g/mol. The Bertz CT molecular complexity index is 699. The van der Waals surface area contributed by atoms with Gasteiger partial charge in [0.2, 0.25) is 5.91 Å². The standard InChI is InChI=1S/C20H25N3O2/c1-15(19(24)22-13-16-7-5-4-6-8-16)23(3)14-17-9-11-18(12-10-17)20(25)21-2/h4-12,15H,13-14H2,1-3H3,(H,21,25)(H,22,24)/t15-/m0/s1. The molecular weight excluding hydrogens is 314 g/mol. The Hall–Kier alpha value is -2.66. The van der Waals surface area contributed by atoms with E-state index >= 15 is 0 Å². The molecular formula is C20H25N3O2. The van der Waals surface area contributed by atoms with E-state index in [2.05, 4.69) is 10.6 Å². The van der Waals surface area contributed by atoms with Gasteiger partial charge in [-0.15, -0.1) is 0 Å². The number of likely N-dealkylation sites (N-methyl/N-ethyl adjacent to an activating group) is 1. The molecule has 5 heteroatoms. The number of rotatable bonds is 7. The van der Waals surface area contributed by atoms with Gasteiger partial charge in [0, 0.05) is 25.7 Å². The van der Waals surface area contributed by atoms with E-state index in [-0.39, 0.29) is 17.9 Å². The Morgan fingerprint density at radius 2 is 1.64 bits per heavy atom. The van der Waals surface area contributed by atoms with Crippen molar-refractivity contribution in [2.45, 2.75) is 26.1 Å². The maximum atomic E-state index is 12.3. The van der Waals surface area contributed by atoms with Crippen molar-refractivity contribution in [3.63, 3.8) is 0 Å². The summed E-state index contributed by atoms with van der Waals surface area (Å²) in [5.74, 6) is -0.109. The number of carbonyl (C=O) groups excluding carboxylic acids is 2. The van der Waals surface area contributed by atoms with Crippen LogP contribution < -0.4 is 10.6 Å². The van der Waals surface area contributed by atoms with Crippen LogP contribution in [-0.4, -0.2) is 36.9 Å². The molecule has 1 atom stereocenters. The molecule has 0 aliphatic heterocycles. The Balaban J connectivity index is 1.87. The van der Waals surface area contributed by atoms with Gasteiger partial charge in [-0.2, -0.15) is 0 Å². The molecule has 25 heavy (non-hydrogen) atoms. The monoisotopic (exact) mass is 339 g/mol. The molecule has 2 aromatic carbocycles. The quantitative estimate of drug-likeness (QED) is 0.813. The second kappa shape index (κ2) is 8.99. The first-order chi connectivity index (χ1) is 12.0. The van der Waals surface area contributed by atoms with E-state index in [0.29, 0.717) is 18.7 Å². The molecule has 0 aliphatic carbocycles. The van der Waals surface area contributed by atoms with Crippen molar-refractivity contribution in [2.75, 3.05) is 14.1 Å². The highest BCUT2D eigenvalue weighted by Crippen LogP contribution is 2.09. The Labute approximate surface area is 149 Å². The van der Waals surface area contributed by atoms with Gasteiger partial charge in [0.15, 0.2) is 0 Å². The molecule has 0 fully saturated rings. The number of carbonyl (C=O) groups is 2. The van der Waals surface area contributed by atoms with Gasteiger partial charge in [0.05, 0.1) is 6.04 Å². The fourth-order valence-electron chi connectivity index (χ4n) is 2.46. The SMILES string of the molecule is CNC(=O)c1ccc(CN(C)[C@@H](C)C(=O)NCc2ccccc2)cc1. The molecule has 0 heterocycles. The third kappa shape index (κ3) is 5.43. The van der Waals surface area contributed by atoms with E-state index in [1.165, 1.54) is 0 Å². The number of nitrogens with zero attached hydrogens (tertiary/aromatic N) is 1. The number of nitrogens with one attached hydrogen (secondary N) is 2. The Kier molecular flexibility index (Phi) is 6.71. The molecule has 2 rings (SSSR count). The van der Waals surface area contributed by atoms with Crippen molar-refractivity contribution in [3.05, 3.63) is 71.3 Å². The molecule has 2 aromatic rings. The summed E-state index contributed by atoms with van der Waals surface area (Å²) in [5.41, 5.74) is 2.76. The van der Waals surface area contributed by atoms with Crippen molar-refractivity contribution >= 4 is 11.8 Å². The summed E-state index contributed by atoms with van der Waals surface area (Å²) >= 11 is 0. The van der Waals surface area contributed by atoms with Crippen LogP contribution in [-0.2, 0) is 17.9 Å². The topological polar surface area (TPSA) is 61.4 Å².